The Hall–Kier alpha value is -2.15. The van der Waals surface area contributed by atoms with Crippen LogP contribution in [0.4, 0.5) is 13.2 Å². The SMILES string of the molecule is Cc1cnc(C(O)Cc2ccc(OC(F)(F)F)cc2)cn1. The first-order chi connectivity index (χ1) is 9.83. The Bertz CT molecular complexity index is 583. The molecule has 0 spiro atoms. The fourth-order valence-corrected chi connectivity index (χ4v) is 1.73. The summed E-state index contributed by atoms with van der Waals surface area (Å²) in [5, 5.41) is 10.0. The van der Waals surface area contributed by atoms with Gasteiger partial charge in [-0.1, -0.05) is 12.1 Å². The van der Waals surface area contributed by atoms with Crippen molar-refractivity contribution in [2.75, 3.05) is 0 Å². The zero-order valence-electron chi connectivity index (χ0n) is 11.1. The van der Waals surface area contributed by atoms with Gasteiger partial charge in [0.1, 0.15) is 11.9 Å². The van der Waals surface area contributed by atoms with Crippen molar-refractivity contribution in [2.45, 2.75) is 25.8 Å². The highest BCUT2D eigenvalue weighted by Crippen LogP contribution is 2.24. The number of benzene rings is 1. The zero-order chi connectivity index (χ0) is 15.5. The van der Waals surface area contributed by atoms with Gasteiger partial charge in [0.2, 0.25) is 0 Å². The van der Waals surface area contributed by atoms with Crippen LogP contribution in [0.1, 0.15) is 23.1 Å². The Balaban J connectivity index is 2.01. The number of aliphatic hydroxyl groups excluding tert-OH is 1. The molecule has 4 nitrogen and oxygen atoms in total. The van der Waals surface area contributed by atoms with Crippen LogP contribution in [0, 0.1) is 6.92 Å². The molecule has 0 saturated carbocycles. The second-order valence-corrected chi connectivity index (χ2v) is 4.49. The first-order valence-electron chi connectivity index (χ1n) is 6.15. The number of halogens is 3. The molecule has 2 rings (SSSR count). The maximum absolute atomic E-state index is 12.0. The summed E-state index contributed by atoms with van der Waals surface area (Å²) in [5.41, 5.74) is 1.82. The van der Waals surface area contributed by atoms with Crippen LogP contribution in [0.15, 0.2) is 36.7 Å². The molecule has 1 atom stereocenters. The minimum absolute atomic E-state index is 0.226. The molecular formula is C14H13F3N2O2. The second-order valence-electron chi connectivity index (χ2n) is 4.49. The van der Waals surface area contributed by atoms with Crippen molar-refractivity contribution >= 4 is 0 Å². The van der Waals surface area contributed by atoms with E-state index in [1.54, 1.807) is 13.1 Å². The summed E-state index contributed by atoms with van der Waals surface area (Å²) in [6.07, 6.45) is -2.34. The van der Waals surface area contributed by atoms with E-state index in [0.29, 0.717) is 11.3 Å². The van der Waals surface area contributed by atoms with E-state index in [0.717, 1.165) is 5.69 Å². The largest absolute Gasteiger partial charge is 0.573 e. The molecule has 0 aliphatic rings. The van der Waals surface area contributed by atoms with Crippen molar-refractivity contribution in [1.29, 1.82) is 0 Å². The summed E-state index contributed by atoms with van der Waals surface area (Å²) in [4.78, 5) is 8.08. The fraction of sp³-hybridized carbons (Fsp3) is 0.286. The highest BCUT2D eigenvalue weighted by molar-refractivity contribution is 5.28. The monoisotopic (exact) mass is 298 g/mol. The van der Waals surface area contributed by atoms with Crippen LogP contribution in [0.2, 0.25) is 0 Å². The lowest BCUT2D eigenvalue weighted by molar-refractivity contribution is -0.274. The van der Waals surface area contributed by atoms with Crippen molar-refractivity contribution in [3.05, 3.63) is 53.6 Å². The Kier molecular flexibility index (Phi) is 4.42. The first kappa shape index (κ1) is 15.2. The second kappa shape index (κ2) is 6.09. The number of aromatic nitrogens is 2. The number of hydrogen-bond donors (Lipinski definition) is 1. The molecule has 1 unspecified atom stereocenters. The first-order valence-corrected chi connectivity index (χ1v) is 6.15. The Labute approximate surface area is 119 Å². The number of aliphatic hydroxyl groups is 1. The predicted octanol–water partition coefficient (Wildman–Crippen LogP) is 2.96. The normalized spacial score (nSPS) is 13.0. The van der Waals surface area contributed by atoms with Gasteiger partial charge in [0.15, 0.2) is 0 Å². The van der Waals surface area contributed by atoms with E-state index in [9.17, 15) is 18.3 Å². The van der Waals surface area contributed by atoms with E-state index in [2.05, 4.69) is 14.7 Å². The van der Waals surface area contributed by atoms with E-state index in [1.165, 1.54) is 30.5 Å². The molecule has 1 aromatic carbocycles. The molecule has 1 aromatic heterocycles. The molecule has 112 valence electrons. The lowest BCUT2D eigenvalue weighted by atomic mass is 10.1. The van der Waals surface area contributed by atoms with Gasteiger partial charge in [0.05, 0.1) is 17.6 Å². The average molecular weight is 298 g/mol. The minimum Gasteiger partial charge on any atom is -0.406 e. The van der Waals surface area contributed by atoms with E-state index < -0.39 is 12.5 Å². The third-order valence-electron chi connectivity index (χ3n) is 2.73. The van der Waals surface area contributed by atoms with Crippen LogP contribution in [0.5, 0.6) is 5.75 Å². The third kappa shape index (κ3) is 4.71. The number of ether oxygens (including phenoxy) is 1. The fourth-order valence-electron chi connectivity index (χ4n) is 1.73. The number of nitrogens with zero attached hydrogens (tertiary/aromatic N) is 2. The van der Waals surface area contributed by atoms with Crippen molar-refractivity contribution in [2.24, 2.45) is 0 Å². The molecule has 21 heavy (non-hydrogen) atoms. The van der Waals surface area contributed by atoms with Crippen LogP contribution >= 0.6 is 0 Å². The van der Waals surface area contributed by atoms with Gasteiger partial charge in [-0.25, -0.2) is 0 Å². The van der Waals surface area contributed by atoms with Gasteiger partial charge in [0.25, 0.3) is 0 Å². The van der Waals surface area contributed by atoms with Crippen LogP contribution in [0.3, 0.4) is 0 Å². The van der Waals surface area contributed by atoms with E-state index >= 15 is 0 Å². The molecule has 2 aromatic rings. The van der Waals surface area contributed by atoms with Gasteiger partial charge in [-0.15, -0.1) is 13.2 Å². The topological polar surface area (TPSA) is 55.2 Å². The third-order valence-corrected chi connectivity index (χ3v) is 2.73. The molecule has 0 fully saturated rings. The summed E-state index contributed by atoms with van der Waals surface area (Å²) in [5.74, 6) is -0.295. The number of rotatable bonds is 4. The van der Waals surface area contributed by atoms with E-state index in [4.69, 9.17) is 0 Å². The van der Waals surface area contributed by atoms with Crippen LogP contribution in [-0.2, 0) is 6.42 Å². The molecule has 1 N–H and O–H groups in total. The summed E-state index contributed by atoms with van der Waals surface area (Å²) in [7, 11) is 0. The van der Waals surface area contributed by atoms with Gasteiger partial charge in [-0.2, -0.15) is 0 Å². The number of alkyl halides is 3. The molecule has 7 heteroatoms. The molecule has 0 aliphatic heterocycles. The maximum atomic E-state index is 12.0. The molecule has 1 heterocycles. The maximum Gasteiger partial charge on any atom is 0.573 e. The predicted molar refractivity (Wildman–Crippen MR) is 68.6 cm³/mol. The molecule has 0 bridgehead atoms. The molecular weight excluding hydrogens is 285 g/mol. The Morgan fingerprint density at radius 2 is 1.81 bits per heavy atom. The van der Waals surface area contributed by atoms with Gasteiger partial charge in [0, 0.05) is 12.6 Å². The Morgan fingerprint density at radius 3 is 2.33 bits per heavy atom. The standard InChI is InChI=1S/C14H13F3N2O2/c1-9-7-19-12(8-18-9)13(20)6-10-2-4-11(5-3-10)21-14(15,16)17/h2-5,7-8,13,20H,6H2,1H3. The van der Waals surface area contributed by atoms with E-state index in [-0.39, 0.29) is 12.2 Å². The lowest BCUT2D eigenvalue weighted by Crippen LogP contribution is -2.17. The smallest absolute Gasteiger partial charge is 0.406 e. The van der Waals surface area contributed by atoms with Crippen LogP contribution in [0.25, 0.3) is 0 Å². The summed E-state index contributed by atoms with van der Waals surface area (Å²) in [6, 6.07) is 5.34. The zero-order valence-corrected chi connectivity index (χ0v) is 11.1. The average Bonchev–Trinajstić information content (AvgIpc) is 2.40. The summed E-state index contributed by atoms with van der Waals surface area (Å²) >= 11 is 0. The summed E-state index contributed by atoms with van der Waals surface area (Å²) < 4.78 is 39.9. The van der Waals surface area contributed by atoms with Crippen molar-refractivity contribution in [1.82, 2.24) is 9.97 Å². The lowest BCUT2D eigenvalue weighted by Gasteiger charge is -2.11. The van der Waals surface area contributed by atoms with Gasteiger partial charge in [-0.3, -0.25) is 9.97 Å². The molecule has 0 amide bonds. The van der Waals surface area contributed by atoms with Crippen molar-refractivity contribution in [3.63, 3.8) is 0 Å². The minimum atomic E-state index is -4.71. The molecule has 0 aliphatic carbocycles. The number of aryl methyl sites for hydroxylation is 1. The van der Waals surface area contributed by atoms with Crippen molar-refractivity contribution in [3.8, 4) is 5.75 Å². The summed E-state index contributed by atoms with van der Waals surface area (Å²) in [6.45, 7) is 1.78. The molecule has 0 radical (unpaired) electrons. The Morgan fingerprint density at radius 1 is 1.14 bits per heavy atom. The molecule has 0 saturated heterocycles. The van der Waals surface area contributed by atoms with Gasteiger partial charge in [-0.05, 0) is 24.6 Å². The highest BCUT2D eigenvalue weighted by Gasteiger charge is 2.30. The van der Waals surface area contributed by atoms with Crippen molar-refractivity contribution < 1.29 is 23.0 Å². The van der Waals surface area contributed by atoms with Gasteiger partial charge < -0.3 is 9.84 Å². The van der Waals surface area contributed by atoms with E-state index in [1.807, 2.05) is 0 Å². The van der Waals surface area contributed by atoms with Gasteiger partial charge >= 0.3 is 6.36 Å². The highest BCUT2D eigenvalue weighted by atomic mass is 19.4. The van der Waals surface area contributed by atoms with Crippen LogP contribution in [-0.4, -0.2) is 21.4 Å². The van der Waals surface area contributed by atoms with Crippen LogP contribution < -0.4 is 4.74 Å². The number of hydrogen-bond acceptors (Lipinski definition) is 4. The quantitative estimate of drug-likeness (QED) is 0.943.